The summed E-state index contributed by atoms with van der Waals surface area (Å²) < 4.78 is 5.52. The number of carbonyl (C=O) groups excluding carboxylic acids is 1. The van der Waals surface area contributed by atoms with Crippen LogP contribution in [0.1, 0.15) is 24.0 Å². The van der Waals surface area contributed by atoms with Crippen molar-refractivity contribution >= 4 is 34.5 Å². The molecule has 0 unspecified atom stereocenters. The number of amides is 1. The number of aromatic nitrogens is 1. The average Bonchev–Trinajstić information content (AvgIpc) is 3.20. The van der Waals surface area contributed by atoms with E-state index in [-0.39, 0.29) is 5.91 Å². The maximum Gasteiger partial charge on any atom is 0.244 e. The number of benzene rings is 1. The lowest BCUT2D eigenvalue weighted by Gasteiger charge is -2.02. The minimum atomic E-state index is -0.137. The van der Waals surface area contributed by atoms with Gasteiger partial charge < -0.3 is 14.7 Å². The molecule has 0 atom stereocenters. The summed E-state index contributed by atoms with van der Waals surface area (Å²) in [7, 11) is 0. The molecular formula is C19H19ClN2O2. The van der Waals surface area contributed by atoms with E-state index < -0.39 is 0 Å². The van der Waals surface area contributed by atoms with E-state index in [1.54, 1.807) is 6.08 Å². The largest absolute Gasteiger partial charge is 0.462 e. The van der Waals surface area contributed by atoms with E-state index in [0.29, 0.717) is 17.3 Å². The molecule has 24 heavy (non-hydrogen) atoms. The third kappa shape index (κ3) is 3.89. The Kier molecular flexibility index (Phi) is 5.06. The molecule has 2 heterocycles. The fourth-order valence-electron chi connectivity index (χ4n) is 2.57. The van der Waals surface area contributed by atoms with Gasteiger partial charge in [-0.15, -0.1) is 0 Å². The van der Waals surface area contributed by atoms with E-state index in [1.165, 1.54) is 6.08 Å². The number of hydrogen-bond donors (Lipinski definition) is 2. The molecule has 0 aliphatic heterocycles. The third-order valence-corrected chi connectivity index (χ3v) is 4.09. The molecule has 0 fully saturated rings. The number of furan rings is 1. The fraction of sp³-hybridized carbons (Fsp3) is 0.211. The van der Waals surface area contributed by atoms with Crippen molar-refractivity contribution in [3.05, 3.63) is 64.7 Å². The Balaban J connectivity index is 1.53. The number of carbonyl (C=O) groups is 1. The molecule has 3 rings (SSSR count). The summed E-state index contributed by atoms with van der Waals surface area (Å²) in [5.74, 6) is 1.46. The minimum Gasteiger partial charge on any atom is -0.462 e. The van der Waals surface area contributed by atoms with Crippen LogP contribution in [-0.2, 0) is 17.6 Å². The van der Waals surface area contributed by atoms with Crippen molar-refractivity contribution in [2.75, 3.05) is 6.54 Å². The first kappa shape index (κ1) is 16.4. The molecule has 1 aromatic carbocycles. The normalized spacial score (nSPS) is 11.4. The highest BCUT2D eigenvalue weighted by Crippen LogP contribution is 2.22. The number of rotatable bonds is 6. The Hall–Kier alpha value is -2.46. The SMILES string of the molecule is CCc1ccc(C=CC(=O)NCCc2c[nH]c3ccc(Cl)cc23)o1. The van der Waals surface area contributed by atoms with Crippen molar-refractivity contribution in [3.63, 3.8) is 0 Å². The number of aryl methyl sites for hydroxylation is 1. The first-order valence-electron chi connectivity index (χ1n) is 7.96. The Bertz CT molecular complexity index is 877. The Labute approximate surface area is 145 Å². The highest BCUT2D eigenvalue weighted by molar-refractivity contribution is 6.31. The number of aromatic amines is 1. The topological polar surface area (TPSA) is 58.0 Å². The third-order valence-electron chi connectivity index (χ3n) is 3.85. The molecule has 0 bridgehead atoms. The van der Waals surface area contributed by atoms with E-state index in [9.17, 15) is 4.79 Å². The van der Waals surface area contributed by atoms with Gasteiger partial charge >= 0.3 is 0 Å². The van der Waals surface area contributed by atoms with Crippen molar-refractivity contribution in [2.45, 2.75) is 19.8 Å². The monoisotopic (exact) mass is 342 g/mol. The van der Waals surface area contributed by atoms with Crippen molar-refractivity contribution < 1.29 is 9.21 Å². The molecule has 2 N–H and O–H groups in total. The molecule has 0 aliphatic carbocycles. The number of fused-ring (bicyclic) bond motifs is 1. The summed E-state index contributed by atoms with van der Waals surface area (Å²) in [5.41, 5.74) is 2.18. The average molecular weight is 343 g/mol. The van der Waals surface area contributed by atoms with Gasteiger partial charge in [-0.2, -0.15) is 0 Å². The lowest BCUT2D eigenvalue weighted by Crippen LogP contribution is -2.23. The smallest absolute Gasteiger partial charge is 0.244 e. The first-order chi connectivity index (χ1) is 11.7. The summed E-state index contributed by atoms with van der Waals surface area (Å²) in [6.45, 7) is 2.58. The van der Waals surface area contributed by atoms with Crippen LogP contribution >= 0.6 is 11.6 Å². The van der Waals surface area contributed by atoms with Crippen LogP contribution in [0.2, 0.25) is 5.02 Å². The second kappa shape index (κ2) is 7.41. The summed E-state index contributed by atoms with van der Waals surface area (Å²) >= 11 is 6.04. The van der Waals surface area contributed by atoms with Gasteiger partial charge in [-0.1, -0.05) is 18.5 Å². The summed E-state index contributed by atoms with van der Waals surface area (Å²) in [5, 5.41) is 4.68. The predicted octanol–water partition coefficient (Wildman–Crippen LogP) is 4.35. The van der Waals surface area contributed by atoms with Gasteiger partial charge in [-0.3, -0.25) is 4.79 Å². The van der Waals surface area contributed by atoms with Gasteiger partial charge in [0.25, 0.3) is 0 Å². The molecule has 2 aromatic heterocycles. The van der Waals surface area contributed by atoms with Crippen molar-refractivity contribution in [2.24, 2.45) is 0 Å². The number of H-pyrrole nitrogens is 1. The molecule has 0 saturated heterocycles. The summed E-state index contributed by atoms with van der Waals surface area (Å²) in [6.07, 6.45) is 6.71. The van der Waals surface area contributed by atoms with Crippen LogP contribution in [0.5, 0.6) is 0 Å². The van der Waals surface area contributed by atoms with Gasteiger partial charge in [0.05, 0.1) is 0 Å². The van der Waals surface area contributed by atoms with Gasteiger partial charge in [0.2, 0.25) is 5.91 Å². The maximum absolute atomic E-state index is 11.9. The Morgan fingerprint density at radius 3 is 3.00 bits per heavy atom. The second-order valence-corrected chi connectivity index (χ2v) is 5.97. The van der Waals surface area contributed by atoms with Gasteiger partial charge in [0.15, 0.2) is 0 Å². The van der Waals surface area contributed by atoms with Crippen molar-refractivity contribution in [1.29, 1.82) is 0 Å². The molecule has 0 radical (unpaired) electrons. The van der Waals surface area contributed by atoms with Gasteiger partial charge in [0, 0.05) is 41.2 Å². The Morgan fingerprint density at radius 1 is 1.33 bits per heavy atom. The van der Waals surface area contributed by atoms with Crippen molar-refractivity contribution in [1.82, 2.24) is 10.3 Å². The lowest BCUT2D eigenvalue weighted by molar-refractivity contribution is -0.116. The van der Waals surface area contributed by atoms with Gasteiger partial charge in [-0.25, -0.2) is 0 Å². The van der Waals surface area contributed by atoms with E-state index in [0.717, 1.165) is 35.1 Å². The van der Waals surface area contributed by atoms with E-state index in [4.69, 9.17) is 16.0 Å². The molecule has 124 valence electrons. The first-order valence-corrected chi connectivity index (χ1v) is 8.33. The highest BCUT2D eigenvalue weighted by atomic mass is 35.5. The van der Waals surface area contributed by atoms with Crippen LogP contribution in [0.25, 0.3) is 17.0 Å². The quantitative estimate of drug-likeness (QED) is 0.654. The molecule has 4 nitrogen and oxygen atoms in total. The zero-order valence-corrected chi connectivity index (χ0v) is 14.2. The molecule has 0 aliphatic rings. The second-order valence-electron chi connectivity index (χ2n) is 5.54. The molecule has 1 amide bonds. The predicted molar refractivity (Wildman–Crippen MR) is 97.1 cm³/mol. The van der Waals surface area contributed by atoms with Crippen LogP contribution in [-0.4, -0.2) is 17.4 Å². The molecule has 0 saturated carbocycles. The van der Waals surface area contributed by atoms with E-state index >= 15 is 0 Å². The zero-order chi connectivity index (χ0) is 16.9. The number of halogens is 1. The zero-order valence-electron chi connectivity index (χ0n) is 13.4. The maximum atomic E-state index is 11.9. The molecule has 0 spiro atoms. The van der Waals surface area contributed by atoms with Crippen LogP contribution < -0.4 is 5.32 Å². The minimum absolute atomic E-state index is 0.137. The van der Waals surface area contributed by atoms with Crippen LogP contribution in [0.15, 0.2) is 47.0 Å². The number of hydrogen-bond acceptors (Lipinski definition) is 2. The number of nitrogens with one attached hydrogen (secondary N) is 2. The highest BCUT2D eigenvalue weighted by Gasteiger charge is 2.05. The molecular weight excluding hydrogens is 324 g/mol. The van der Waals surface area contributed by atoms with Gasteiger partial charge in [0.1, 0.15) is 11.5 Å². The van der Waals surface area contributed by atoms with E-state index in [1.807, 2.05) is 43.5 Å². The van der Waals surface area contributed by atoms with Crippen LogP contribution in [0.3, 0.4) is 0 Å². The molecule has 5 heteroatoms. The lowest BCUT2D eigenvalue weighted by atomic mass is 10.1. The molecule has 3 aromatic rings. The fourth-order valence-corrected chi connectivity index (χ4v) is 2.74. The summed E-state index contributed by atoms with van der Waals surface area (Å²) in [4.78, 5) is 15.1. The van der Waals surface area contributed by atoms with Crippen LogP contribution in [0.4, 0.5) is 0 Å². The van der Waals surface area contributed by atoms with E-state index in [2.05, 4.69) is 10.3 Å². The van der Waals surface area contributed by atoms with Gasteiger partial charge in [-0.05, 0) is 48.4 Å². The summed E-state index contributed by atoms with van der Waals surface area (Å²) in [6, 6.07) is 9.52. The van der Waals surface area contributed by atoms with Crippen LogP contribution in [0, 0.1) is 0 Å². The standard InChI is InChI=1S/C19H19ClN2O2/c1-2-15-4-5-16(24-15)6-8-19(23)21-10-9-13-12-22-18-7-3-14(20)11-17(13)18/h3-8,11-12,22H,2,9-10H2,1H3,(H,21,23). The van der Waals surface area contributed by atoms with Crippen molar-refractivity contribution in [3.8, 4) is 0 Å². The Morgan fingerprint density at radius 2 is 2.21 bits per heavy atom.